The number of hydrogen-bond donors (Lipinski definition) is 2. The maximum atomic E-state index is 10.9. The first-order valence-electron chi connectivity index (χ1n) is 3.56. The Kier molecular flexibility index (Phi) is 3.32. The molecule has 14 heavy (non-hydrogen) atoms. The number of rotatable bonds is 2. The van der Waals surface area contributed by atoms with Gasteiger partial charge in [0.1, 0.15) is 0 Å². The monoisotopic (exact) mass is 234 g/mol. The van der Waals surface area contributed by atoms with Crippen molar-refractivity contribution in [2.45, 2.75) is 0 Å². The zero-order valence-electron chi connectivity index (χ0n) is 6.90. The molecule has 0 aliphatic heterocycles. The van der Waals surface area contributed by atoms with Crippen LogP contribution in [0.5, 0.6) is 0 Å². The highest BCUT2D eigenvalue weighted by molar-refractivity contribution is 8.12. The zero-order chi connectivity index (χ0) is 10.6. The Morgan fingerprint density at radius 3 is 2.29 bits per heavy atom. The lowest BCUT2D eigenvalue weighted by Gasteiger charge is -2.03. The van der Waals surface area contributed by atoms with Gasteiger partial charge >= 0.3 is 15.3 Å². The van der Waals surface area contributed by atoms with Gasteiger partial charge in [-0.25, -0.2) is 9.52 Å². The molecule has 7 heteroatoms. The van der Waals surface area contributed by atoms with Crippen molar-refractivity contribution in [2.24, 2.45) is 0 Å². The number of para-hydroxylation sites is 1. The topological polar surface area (TPSA) is 75.3 Å². The Hall–Kier alpha value is -1.27. The Bertz CT molecular complexity index is 418. The van der Waals surface area contributed by atoms with Crippen LogP contribution < -0.4 is 10.0 Å². The van der Waals surface area contributed by atoms with E-state index in [1.165, 1.54) is 0 Å². The molecule has 76 valence electrons. The molecule has 0 aliphatic rings. The van der Waals surface area contributed by atoms with Crippen LogP contribution in [0.3, 0.4) is 0 Å². The van der Waals surface area contributed by atoms with Gasteiger partial charge in [-0.2, -0.15) is 8.42 Å². The van der Waals surface area contributed by atoms with Crippen LogP contribution in [0.15, 0.2) is 30.3 Å². The van der Waals surface area contributed by atoms with E-state index in [9.17, 15) is 13.2 Å². The molecule has 0 aliphatic carbocycles. The molecule has 2 amide bonds. The van der Waals surface area contributed by atoms with Gasteiger partial charge in [0.2, 0.25) is 0 Å². The van der Waals surface area contributed by atoms with Crippen LogP contribution >= 0.6 is 10.7 Å². The molecule has 0 saturated carbocycles. The predicted molar refractivity (Wildman–Crippen MR) is 53.4 cm³/mol. The maximum Gasteiger partial charge on any atom is 0.333 e. The summed E-state index contributed by atoms with van der Waals surface area (Å²) in [5.74, 6) is 0. The third kappa shape index (κ3) is 4.11. The second-order valence-electron chi connectivity index (χ2n) is 2.36. The molecule has 5 nitrogen and oxygen atoms in total. The molecule has 0 radical (unpaired) electrons. The zero-order valence-corrected chi connectivity index (χ0v) is 8.47. The molecule has 1 aromatic rings. The lowest BCUT2D eigenvalue weighted by Crippen LogP contribution is -2.31. The molecular formula is C7H7ClN2O3S. The number of carbonyl (C=O) groups is 1. The van der Waals surface area contributed by atoms with E-state index in [0.29, 0.717) is 5.69 Å². The second-order valence-corrected chi connectivity index (χ2v) is 4.66. The summed E-state index contributed by atoms with van der Waals surface area (Å²) in [6.07, 6.45) is 0. The fourth-order valence-corrected chi connectivity index (χ4v) is 1.27. The largest absolute Gasteiger partial charge is 0.333 e. The van der Waals surface area contributed by atoms with Crippen LogP contribution in [-0.2, 0) is 9.24 Å². The fraction of sp³-hybridized carbons (Fsp3) is 0. The van der Waals surface area contributed by atoms with Crippen molar-refractivity contribution >= 4 is 31.6 Å². The van der Waals surface area contributed by atoms with Crippen molar-refractivity contribution < 1.29 is 13.2 Å². The molecule has 0 unspecified atom stereocenters. The molecule has 1 rings (SSSR count). The predicted octanol–water partition coefficient (Wildman–Crippen LogP) is 1.29. The number of amides is 2. The summed E-state index contributed by atoms with van der Waals surface area (Å²) in [4.78, 5) is 10.9. The van der Waals surface area contributed by atoms with Crippen molar-refractivity contribution in [3.05, 3.63) is 30.3 Å². The summed E-state index contributed by atoms with van der Waals surface area (Å²) >= 11 is 0. The summed E-state index contributed by atoms with van der Waals surface area (Å²) in [6, 6.07) is 7.49. The number of benzene rings is 1. The maximum absolute atomic E-state index is 10.9. The van der Waals surface area contributed by atoms with Gasteiger partial charge in [0.15, 0.2) is 0 Å². The van der Waals surface area contributed by atoms with Gasteiger partial charge < -0.3 is 5.32 Å². The lowest BCUT2D eigenvalue weighted by atomic mass is 10.3. The molecule has 0 fully saturated rings. The number of nitrogens with one attached hydrogen (secondary N) is 2. The van der Waals surface area contributed by atoms with Gasteiger partial charge in [-0.1, -0.05) is 18.2 Å². The summed E-state index contributed by atoms with van der Waals surface area (Å²) in [5, 5.41) is 2.28. The van der Waals surface area contributed by atoms with Crippen LogP contribution in [0, 0.1) is 0 Å². The molecule has 1 aromatic carbocycles. The van der Waals surface area contributed by atoms with Gasteiger partial charge in [0, 0.05) is 16.4 Å². The number of carbonyl (C=O) groups excluding carboxylic acids is 1. The first kappa shape index (κ1) is 10.8. The first-order chi connectivity index (χ1) is 6.47. The minimum absolute atomic E-state index is 0.477. The molecular weight excluding hydrogens is 228 g/mol. The molecule has 0 atom stereocenters. The quantitative estimate of drug-likeness (QED) is 0.758. The average Bonchev–Trinajstić information content (AvgIpc) is 2.02. The lowest BCUT2D eigenvalue weighted by molar-refractivity contribution is 0.256. The second kappa shape index (κ2) is 4.30. The van der Waals surface area contributed by atoms with E-state index < -0.39 is 15.3 Å². The first-order valence-corrected chi connectivity index (χ1v) is 5.87. The van der Waals surface area contributed by atoms with Gasteiger partial charge in [0.25, 0.3) is 0 Å². The molecule has 0 spiro atoms. The highest BCUT2D eigenvalue weighted by Crippen LogP contribution is 2.04. The Balaban J connectivity index is 2.59. The fourth-order valence-electron chi connectivity index (χ4n) is 0.789. The number of anilines is 1. The van der Waals surface area contributed by atoms with Crippen molar-refractivity contribution in [1.29, 1.82) is 0 Å². The summed E-state index contributed by atoms with van der Waals surface area (Å²) in [5.41, 5.74) is 0.477. The van der Waals surface area contributed by atoms with Crippen molar-refractivity contribution in [2.75, 3.05) is 5.32 Å². The summed E-state index contributed by atoms with van der Waals surface area (Å²) in [7, 11) is 0.761. The van der Waals surface area contributed by atoms with Gasteiger partial charge in [-0.15, -0.1) is 0 Å². The van der Waals surface area contributed by atoms with E-state index in [2.05, 4.69) is 5.32 Å². The van der Waals surface area contributed by atoms with Crippen molar-refractivity contribution in [3.63, 3.8) is 0 Å². The van der Waals surface area contributed by atoms with Crippen LogP contribution in [0.1, 0.15) is 0 Å². The SMILES string of the molecule is O=C(Nc1ccccc1)NS(=O)(=O)Cl. The van der Waals surface area contributed by atoms with Crippen LogP contribution in [-0.4, -0.2) is 14.4 Å². The highest BCUT2D eigenvalue weighted by Gasteiger charge is 2.09. The number of hydrogen-bond acceptors (Lipinski definition) is 3. The molecule has 0 bridgehead atoms. The summed E-state index contributed by atoms with van der Waals surface area (Å²) in [6.45, 7) is 0. The van der Waals surface area contributed by atoms with Crippen LogP contribution in [0.2, 0.25) is 0 Å². The van der Waals surface area contributed by atoms with Crippen molar-refractivity contribution in [1.82, 2.24) is 4.72 Å². The molecule has 0 heterocycles. The Labute approximate surface area is 85.6 Å². The van der Waals surface area contributed by atoms with E-state index in [1.807, 2.05) is 0 Å². The summed E-state index contributed by atoms with van der Waals surface area (Å²) < 4.78 is 22.4. The third-order valence-electron chi connectivity index (χ3n) is 1.25. The third-order valence-corrected chi connectivity index (χ3v) is 1.91. The van der Waals surface area contributed by atoms with Crippen LogP contribution in [0.25, 0.3) is 0 Å². The van der Waals surface area contributed by atoms with Crippen LogP contribution in [0.4, 0.5) is 10.5 Å². The number of urea groups is 1. The smallest absolute Gasteiger partial charge is 0.307 e. The van der Waals surface area contributed by atoms with E-state index >= 15 is 0 Å². The van der Waals surface area contributed by atoms with Crippen molar-refractivity contribution in [3.8, 4) is 0 Å². The minimum Gasteiger partial charge on any atom is -0.307 e. The highest BCUT2D eigenvalue weighted by atomic mass is 35.7. The molecule has 2 N–H and O–H groups in total. The minimum atomic E-state index is -4.03. The standard InChI is InChI=1S/C7H7ClN2O3S/c8-14(12,13)10-7(11)9-6-4-2-1-3-5-6/h1-5H,(H2,9,10,11). The van der Waals surface area contributed by atoms with Gasteiger partial charge in [0.05, 0.1) is 0 Å². The van der Waals surface area contributed by atoms with E-state index in [0.717, 1.165) is 0 Å². The average molecular weight is 235 g/mol. The Morgan fingerprint density at radius 2 is 1.79 bits per heavy atom. The normalized spacial score (nSPS) is 10.6. The van der Waals surface area contributed by atoms with E-state index in [4.69, 9.17) is 10.7 Å². The van der Waals surface area contributed by atoms with Gasteiger partial charge in [-0.3, -0.25) is 0 Å². The van der Waals surface area contributed by atoms with E-state index in [1.54, 1.807) is 35.1 Å². The molecule has 0 saturated heterocycles. The molecule has 0 aromatic heterocycles. The van der Waals surface area contributed by atoms with E-state index in [-0.39, 0.29) is 0 Å². The van der Waals surface area contributed by atoms with Gasteiger partial charge in [-0.05, 0) is 12.1 Å². The number of halogens is 1. The Morgan fingerprint density at radius 1 is 1.21 bits per heavy atom.